The van der Waals surface area contributed by atoms with Gasteiger partial charge in [0.25, 0.3) is 0 Å². The Morgan fingerprint density at radius 3 is 2.36 bits per heavy atom. The van der Waals surface area contributed by atoms with Gasteiger partial charge in [-0.3, -0.25) is 5.32 Å². The highest BCUT2D eigenvalue weighted by Gasteiger charge is 2.37. The van der Waals surface area contributed by atoms with Gasteiger partial charge in [-0.15, -0.1) is 0 Å². The molecule has 5 nitrogen and oxygen atoms in total. The second kappa shape index (κ2) is 9.49. The number of para-hydroxylation sites is 3. The molecule has 10 rings (SSSR count). The van der Waals surface area contributed by atoms with E-state index in [-0.39, 0.29) is 12.3 Å². The lowest BCUT2D eigenvalue weighted by atomic mass is 9.89. The fourth-order valence-corrected chi connectivity index (χ4v) is 7.78. The van der Waals surface area contributed by atoms with Crippen molar-refractivity contribution in [3.63, 3.8) is 0 Å². The van der Waals surface area contributed by atoms with Crippen LogP contribution >= 0.6 is 0 Å². The van der Waals surface area contributed by atoms with Crippen LogP contribution in [0.2, 0.25) is 0 Å². The summed E-state index contributed by atoms with van der Waals surface area (Å²) in [7, 11) is 0. The first-order chi connectivity index (χ1) is 22.3. The molecule has 2 aromatic heterocycles. The molecule has 4 heterocycles. The van der Waals surface area contributed by atoms with E-state index in [1.807, 2.05) is 12.1 Å². The van der Waals surface area contributed by atoms with E-state index in [0.717, 1.165) is 22.4 Å². The number of furan rings is 1. The second-order valence-electron chi connectivity index (χ2n) is 12.2. The van der Waals surface area contributed by atoms with Crippen molar-refractivity contribution >= 4 is 49.8 Å². The molecule has 0 saturated heterocycles. The predicted octanol–water partition coefficient (Wildman–Crippen LogP) is 9.61. The van der Waals surface area contributed by atoms with Crippen LogP contribution in [0.4, 0.5) is 17.1 Å². The van der Waals surface area contributed by atoms with Crippen molar-refractivity contribution in [1.29, 1.82) is 0 Å². The Hall–Kier alpha value is -5.52. The molecule has 3 aliphatic rings. The quantitative estimate of drug-likeness (QED) is 0.218. The van der Waals surface area contributed by atoms with Gasteiger partial charge in [-0.05, 0) is 65.2 Å². The molecule has 3 unspecified atom stereocenters. The average Bonchev–Trinajstić information content (AvgIpc) is 3.75. The van der Waals surface area contributed by atoms with Gasteiger partial charge in [0.05, 0.1) is 29.3 Å². The number of rotatable bonds is 3. The normalized spacial score (nSPS) is 20.0. The van der Waals surface area contributed by atoms with Gasteiger partial charge in [-0.25, -0.2) is 0 Å². The molecule has 0 fully saturated rings. The van der Waals surface area contributed by atoms with Gasteiger partial charge < -0.3 is 19.2 Å². The molecule has 1 aliphatic carbocycles. The molecule has 0 radical (unpaired) electrons. The number of nitrogens with one attached hydrogen (secondary N) is 2. The number of anilines is 3. The van der Waals surface area contributed by atoms with Crippen LogP contribution in [0, 0.1) is 0 Å². The maximum atomic E-state index is 6.17. The minimum Gasteiger partial charge on any atom is -0.457 e. The van der Waals surface area contributed by atoms with Crippen molar-refractivity contribution < 1.29 is 4.42 Å². The summed E-state index contributed by atoms with van der Waals surface area (Å²) >= 11 is 0. The molecule has 45 heavy (non-hydrogen) atoms. The first kappa shape index (κ1) is 24.9. The SMILES string of the molecule is C1=CC2c3cc(-c4ccc5c6ccccc6n(C6NCc7oc8ccccc8c7N6)c5c4)ccc3N(c3ccccc3)C2C=C1. The molecular formula is C40H30N4O. The Kier molecular flexibility index (Phi) is 5.24. The Bertz CT molecular complexity index is 2340. The summed E-state index contributed by atoms with van der Waals surface area (Å²) in [6, 6.07) is 41.9. The number of nitrogens with zero attached hydrogens (tertiary/aromatic N) is 2. The second-order valence-corrected chi connectivity index (χ2v) is 12.2. The summed E-state index contributed by atoms with van der Waals surface area (Å²) in [5.41, 5.74) is 10.7. The van der Waals surface area contributed by atoms with Crippen molar-refractivity contribution in [3.05, 3.63) is 151 Å². The lowest BCUT2D eigenvalue weighted by Gasteiger charge is -2.28. The Morgan fingerprint density at radius 2 is 1.42 bits per heavy atom. The van der Waals surface area contributed by atoms with Gasteiger partial charge in [-0.1, -0.05) is 91.0 Å². The number of hydrogen-bond donors (Lipinski definition) is 2. The van der Waals surface area contributed by atoms with Gasteiger partial charge in [-0.2, -0.15) is 0 Å². The van der Waals surface area contributed by atoms with Gasteiger partial charge in [0.2, 0.25) is 0 Å². The van der Waals surface area contributed by atoms with Gasteiger partial charge in [0.15, 0.2) is 6.29 Å². The third-order valence-corrected chi connectivity index (χ3v) is 9.79. The standard InChI is InChI=1S/C40H30N4O/c1-2-10-27(11-3-1)43-33-15-7-5-13-29(33)32-22-25(19-21-35(32)43)26-18-20-30-28-12-4-8-16-34(28)44(36(30)23-26)40-41-24-38-39(42-40)31-14-6-9-17-37(31)45-38/h1-23,29,33,40-42H,24H2. The number of benzene rings is 5. The summed E-state index contributed by atoms with van der Waals surface area (Å²) in [5.74, 6) is 1.26. The zero-order valence-corrected chi connectivity index (χ0v) is 24.5. The average molecular weight is 583 g/mol. The molecule has 3 atom stereocenters. The molecule has 0 amide bonds. The number of fused-ring (bicyclic) bond motifs is 9. The van der Waals surface area contributed by atoms with Crippen molar-refractivity contribution in [2.45, 2.75) is 24.8 Å². The molecule has 0 spiro atoms. The largest absolute Gasteiger partial charge is 0.457 e. The Labute approximate surface area is 260 Å². The number of allylic oxidation sites excluding steroid dienone is 2. The van der Waals surface area contributed by atoms with Gasteiger partial charge in [0, 0.05) is 33.5 Å². The zero-order chi connectivity index (χ0) is 29.5. The highest BCUT2D eigenvalue weighted by Crippen LogP contribution is 2.49. The molecule has 7 aromatic rings. The van der Waals surface area contributed by atoms with E-state index in [1.54, 1.807) is 0 Å². The summed E-state index contributed by atoms with van der Waals surface area (Å²) in [4.78, 5) is 2.49. The highest BCUT2D eigenvalue weighted by atomic mass is 16.3. The smallest absolute Gasteiger partial charge is 0.160 e. The molecule has 5 aromatic carbocycles. The third kappa shape index (κ3) is 3.65. The Morgan fingerprint density at radius 1 is 0.667 bits per heavy atom. The summed E-state index contributed by atoms with van der Waals surface area (Å²) < 4.78 is 8.58. The van der Waals surface area contributed by atoms with Crippen LogP contribution in [0.1, 0.15) is 23.5 Å². The first-order valence-electron chi connectivity index (χ1n) is 15.7. The molecule has 0 saturated carbocycles. The fraction of sp³-hybridized carbons (Fsp3) is 0.100. The van der Waals surface area contributed by atoms with E-state index in [4.69, 9.17) is 4.42 Å². The summed E-state index contributed by atoms with van der Waals surface area (Å²) in [6.45, 7) is 0.655. The monoisotopic (exact) mass is 582 g/mol. The molecular weight excluding hydrogens is 552 g/mol. The van der Waals surface area contributed by atoms with E-state index in [1.165, 1.54) is 49.9 Å². The van der Waals surface area contributed by atoms with Crippen LogP contribution < -0.4 is 15.5 Å². The Balaban J connectivity index is 1.11. The molecule has 2 N–H and O–H groups in total. The maximum absolute atomic E-state index is 6.17. The van der Waals surface area contributed by atoms with E-state index in [9.17, 15) is 0 Å². The van der Waals surface area contributed by atoms with Gasteiger partial charge in [0.1, 0.15) is 11.3 Å². The lowest BCUT2D eigenvalue weighted by molar-refractivity contribution is 0.410. The minimum absolute atomic E-state index is 0.129. The van der Waals surface area contributed by atoms with Crippen LogP contribution in [0.3, 0.4) is 0 Å². The summed E-state index contributed by atoms with van der Waals surface area (Å²) in [6.07, 6.45) is 8.93. The topological polar surface area (TPSA) is 45.4 Å². The molecule has 216 valence electrons. The minimum atomic E-state index is -0.129. The van der Waals surface area contributed by atoms with Crippen molar-refractivity contribution in [3.8, 4) is 11.1 Å². The van der Waals surface area contributed by atoms with Crippen LogP contribution in [0.25, 0.3) is 43.9 Å². The van der Waals surface area contributed by atoms with Crippen LogP contribution in [0.15, 0.2) is 144 Å². The predicted molar refractivity (Wildman–Crippen MR) is 184 cm³/mol. The lowest BCUT2D eigenvalue weighted by Crippen LogP contribution is -2.36. The van der Waals surface area contributed by atoms with Gasteiger partial charge >= 0.3 is 0 Å². The number of aromatic nitrogens is 1. The zero-order valence-electron chi connectivity index (χ0n) is 24.5. The van der Waals surface area contributed by atoms with E-state index < -0.39 is 0 Å². The van der Waals surface area contributed by atoms with E-state index >= 15 is 0 Å². The van der Waals surface area contributed by atoms with E-state index in [0.29, 0.717) is 12.5 Å². The third-order valence-electron chi connectivity index (χ3n) is 9.79. The van der Waals surface area contributed by atoms with Crippen LogP contribution in [-0.4, -0.2) is 10.6 Å². The summed E-state index contributed by atoms with van der Waals surface area (Å²) in [5, 5.41) is 11.1. The maximum Gasteiger partial charge on any atom is 0.160 e. The van der Waals surface area contributed by atoms with Crippen molar-refractivity contribution in [1.82, 2.24) is 9.88 Å². The van der Waals surface area contributed by atoms with E-state index in [2.05, 4.69) is 148 Å². The molecule has 0 bridgehead atoms. The van der Waals surface area contributed by atoms with Crippen molar-refractivity contribution in [2.24, 2.45) is 0 Å². The van der Waals surface area contributed by atoms with Crippen molar-refractivity contribution in [2.75, 3.05) is 10.2 Å². The molecule has 5 heteroatoms. The highest BCUT2D eigenvalue weighted by molar-refractivity contribution is 6.09. The molecule has 2 aliphatic heterocycles. The fourth-order valence-electron chi connectivity index (χ4n) is 7.78. The van der Waals surface area contributed by atoms with Crippen LogP contribution in [0.5, 0.6) is 0 Å². The first-order valence-corrected chi connectivity index (χ1v) is 15.7. The number of hydrogen-bond acceptors (Lipinski definition) is 4. The van der Waals surface area contributed by atoms with Crippen LogP contribution in [-0.2, 0) is 6.54 Å².